The zero-order valence-electron chi connectivity index (χ0n) is 16.8. The van der Waals surface area contributed by atoms with E-state index in [0.29, 0.717) is 6.79 Å². The Hall–Kier alpha value is -1.52. The van der Waals surface area contributed by atoms with Crippen molar-refractivity contribution in [3.8, 4) is 11.5 Å². The summed E-state index contributed by atoms with van der Waals surface area (Å²) in [6.45, 7) is 5.51. The van der Waals surface area contributed by atoms with Crippen LogP contribution in [0.3, 0.4) is 0 Å². The molecule has 158 valence electrons. The van der Waals surface area contributed by atoms with Crippen LogP contribution in [0, 0.1) is 6.92 Å². The Morgan fingerprint density at radius 1 is 1.10 bits per heavy atom. The van der Waals surface area contributed by atoms with Gasteiger partial charge in [0.1, 0.15) is 0 Å². The van der Waals surface area contributed by atoms with E-state index < -0.39 is 0 Å². The van der Waals surface area contributed by atoms with Gasteiger partial charge in [-0.15, -0.1) is 35.3 Å². The quantitative estimate of drug-likeness (QED) is 0.351. The SMILES string of the molecule is CN=C(NCc1ccc(C)s1)NCC1(c2ccc3c(c2)OCO3)CCOCC1.I. The fourth-order valence-electron chi connectivity index (χ4n) is 3.78. The van der Waals surface area contributed by atoms with Crippen LogP contribution in [0.5, 0.6) is 11.5 Å². The Kier molecular flexibility index (Phi) is 7.64. The number of rotatable bonds is 5. The number of aliphatic imine (C=N–C) groups is 1. The van der Waals surface area contributed by atoms with E-state index in [0.717, 1.165) is 56.6 Å². The van der Waals surface area contributed by atoms with Crippen LogP contribution in [0.2, 0.25) is 0 Å². The molecule has 29 heavy (non-hydrogen) atoms. The first-order valence-corrected chi connectivity index (χ1v) is 10.5. The maximum Gasteiger partial charge on any atom is 0.231 e. The molecule has 8 heteroatoms. The second kappa shape index (κ2) is 9.99. The summed E-state index contributed by atoms with van der Waals surface area (Å²) in [6.07, 6.45) is 1.92. The van der Waals surface area contributed by atoms with E-state index in [1.54, 1.807) is 11.3 Å². The maximum absolute atomic E-state index is 5.65. The number of hydrogen-bond donors (Lipinski definition) is 2. The number of halogens is 1. The molecule has 3 heterocycles. The van der Waals surface area contributed by atoms with Crippen molar-refractivity contribution in [1.82, 2.24) is 10.6 Å². The third-order valence-corrected chi connectivity index (χ3v) is 6.48. The number of thiophene rings is 1. The van der Waals surface area contributed by atoms with E-state index >= 15 is 0 Å². The first-order chi connectivity index (χ1) is 13.7. The van der Waals surface area contributed by atoms with Gasteiger partial charge in [-0.2, -0.15) is 0 Å². The normalized spacial score (nSPS) is 17.5. The number of nitrogens with zero attached hydrogens (tertiary/aromatic N) is 1. The fourth-order valence-corrected chi connectivity index (χ4v) is 4.61. The molecule has 1 aromatic heterocycles. The van der Waals surface area contributed by atoms with Crippen molar-refractivity contribution in [2.75, 3.05) is 33.6 Å². The van der Waals surface area contributed by atoms with Crippen molar-refractivity contribution in [2.45, 2.75) is 31.7 Å². The first-order valence-electron chi connectivity index (χ1n) is 9.66. The topological polar surface area (TPSA) is 64.1 Å². The summed E-state index contributed by atoms with van der Waals surface area (Å²) >= 11 is 1.81. The van der Waals surface area contributed by atoms with Gasteiger partial charge in [-0.25, -0.2) is 0 Å². The molecule has 6 nitrogen and oxygen atoms in total. The van der Waals surface area contributed by atoms with E-state index in [4.69, 9.17) is 14.2 Å². The number of guanidine groups is 1. The van der Waals surface area contributed by atoms with Gasteiger partial charge in [-0.05, 0) is 49.6 Å². The van der Waals surface area contributed by atoms with E-state index in [-0.39, 0.29) is 29.4 Å². The number of ether oxygens (including phenoxy) is 3. The molecular weight excluding hydrogens is 501 g/mol. The van der Waals surface area contributed by atoms with Crippen LogP contribution in [0.25, 0.3) is 0 Å². The van der Waals surface area contributed by atoms with Crippen LogP contribution in [0.15, 0.2) is 35.3 Å². The predicted octanol–water partition coefficient (Wildman–Crippen LogP) is 3.82. The Labute approximate surface area is 193 Å². The van der Waals surface area contributed by atoms with Crippen LogP contribution < -0.4 is 20.1 Å². The average molecular weight is 529 g/mol. The van der Waals surface area contributed by atoms with Gasteiger partial charge in [0, 0.05) is 42.0 Å². The molecule has 0 spiro atoms. The number of benzene rings is 1. The summed E-state index contributed by atoms with van der Waals surface area (Å²) in [6, 6.07) is 10.6. The summed E-state index contributed by atoms with van der Waals surface area (Å²) in [4.78, 5) is 7.03. The zero-order valence-corrected chi connectivity index (χ0v) is 20.0. The summed E-state index contributed by atoms with van der Waals surface area (Å²) in [5.74, 6) is 2.47. The summed E-state index contributed by atoms with van der Waals surface area (Å²) in [5.41, 5.74) is 1.24. The highest BCUT2D eigenvalue weighted by Gasteiger charge is 2.35. The van der Waals surface area contributed by atoms with Gasteiger partial charge in [0.2, 0.25) is 6.79 Å². The molecule has 1 aromatic carbocycles. The summed E-state index contributed by atoms with van der Waals surface area (Å²) in [7, 11) is 1.81. The first kappa shape index (κ1) is 22.2. The molecule has 0 aliphatic carbocycles. The Bertz CT molecular complexity index is 849. The van der Waals surface area contributed by atoms with Crippen molar-refractivity contribution < 1.29 is 14.2 Å². The van der Waals surface area contributed by atoms with Gasteiger partial charge in [0.15, 0.2) is 17.5 Å². The average Bonchev–Trinajstić information content (AvgIpc) is 3.37. The lowest BCUT2D eigenvalue weighted by Crippen LogP contribution is -2.47. The number of aryl methyl sites for hydroxylation is 1. The van der Waals surface area contributed by atoms with Crippen LogP contribution in [-0.2, 0) is 16.7 Å². The van der Waals surface area contributed by atoms with E-state index in [1.165, 1.54) is 15.3 Å². The molecule has 2 aromatic rings. The third-order valence-electron chi connectivity index (χ3n) is 5.48. The van der Waals surface area contributed by atoms with Crippen LogP contribution >= 0.6 is 35.3 Å². The van der Waals surface area contributed by atoms with E-state index in [9.17, 15) is 0 Å². The number of nitrogens with one attached hydrogen (secondary N) is 2. The maximum atomic E-state index is 5.65. The molecule has 0 unspecified atom stereocenters. The van der Waals surface area contributed by atoms with Gasteiger partial charge in [-0.3, -0.25) is 4.99 Å². The van der Waals surface area contributed by atoms with Gasteiger partial charge in [-0.1, -0.05) is 6.07 Å². The smallest absolute Gasteiger partial charge is 0.231 e. The monoisotopic (exact) mass is 529 g/mol. The lowest BCUT2D eigenvalue weighted by Gasteiger charge is -2.38. The van der Waals surface area contributed by atoms with Gasteiger partial charge in [0.25, 0.3) is 0 Å². The number of fused-ring (bicyclic) bond motifs is 1. The molecule has 0 saturated carbocycles. The van der Waals surface area contributed by atoms with Gasteiger partial charge < -0.3 is 24.8 Å². The minimum absolute atomic E-state index is 0. The second-order valence-electron chi connectivity index (χ2n) is 7.25. The van der Waals surface area contributed by atoms with Crippen molar-refractivity contribution in [2.24, 2.45) is 4.99 Å². The van der Waals surface area contributed by atoms with Crippen LogP contribution in [0.1, 0.15) is 28.2 Å². The highest BCUT2D eigenvalue weighted by molar-refractivity contribution is 14.0. The van der Waals surface area contributed by atoms with Crippen LogP contribution in [-0.4, -0.2) is 39.6 Å². The second-order valence-corrected chi connectivity index (χ2v) is 8.62. The molecule has 2 aliphatic heterocycles. The molecule has 2 N–H and O–H groups in total. The standard InChI is InChI=1S/C21H27N3O3S.HI/c1-15-3-5-17(28-15)12-23-20(22-2)24-13-21(7-9-25-10-8-21)16-4-6-18-19(11-16)27-14-26-18;/h3-6,11H,7-10,12-14H2,1-2H3,(H2,22,23,24);1H. The Balaban J connectivity index is 0.00000240. The zero-order chi connectivity index (χ0) is 19.4. The molecule has 0 radical (unpaired) electrons. The predicted molar refractivity (Wildman–Crippen MR) is 127 cm³/mol. The van der Waals surface area contributed by atoms with Crippen LogP contribution in [0.4, 0.5) is 0 Å². The van der Waals surface area contributed by atoms with E-state index in [2.05, 4.69) is 46.8 Å². The minimum Gasteiger partial charge on any atom is -0.454 e. The van der Waals surface area contributed by atoms with Crippen molar-refractivity contribution >= 4 is 41.3 Å². The molecular formula is C21H28IN3O3S. The molecule has 2 aliphatic rings. The Morgan fingerprint density at radius 2 is 1.90 bits per heavy atom. The lowest BCUT2D eigenvalue weighted by atomic mass is 9.74. The van der Waals surface area contributed by atoms with Gasteiger partial charge >= 0.3 is 0 Å². The molecule has 4 rings (SSSR count). The van der Waals surface area contributed by atoms with Crippen molar-refractivity contribution in [3.05, 3.63) is 45.6 Å². The highest BCUT2D eigenvalue weighted by Crippen LogP contribution is 2.40. The molecule has 1 saturated heterocycles. The Morgan fingerprint density at radius 3 is 2.62 bits per heavy atom. The lowest BCUT2D eigenvalue weighted by molar-refractivity contribution is 0.0513. The molecule has 0 amide bonds. The fraction of sp³-hybridized carbons (Fsp3) is 0.476. The van der Waals surface area contributed by atoms with E-state index in [1.807, 2.05) is 13.1 Å². The van der Waals surface area contributed by atoms with Crippen molar-refractivity contribution in [1.29, 1.82) is 0 Å². The van der Waals surface area contributed by atoms with Crippen molar-refractivity contribution in [3.63, 3.8) is 0 Å². The van der Waals surface area contributed by atoms with Gasteiger partial charge in [0.05, 0.1) is 6.54 Å². The largest absolute Gasteiger partial charge is 0.454 e. The minimum atomic E-state index is -0.0175. The summed E-state index contributed by atoms with van der Waals surface area (Å²) in [5, 5.41) is 6.96. The highest BCUT2D eigenvalue weighted by atomic mass is 127. The molecule has 0 atom stereocenters. The molecule has 0 bridgehead atoms. The number of hydrogen-bond acceptors (Lipinski definition) is 5. The molecule has 1 fully saturated rings. The third kappa shape index (κ3) is 5.16. The summed E-state index contributed by atoms with van der Waals surface area (Å²) < 4.78 is 16.7.